The fraction of sp³-hybridized carbons (Fsp3) is 0.480. The number of carbonyl (C=O) groups excluding carboxylic acids is 5. The number of nitrogens with zero attached hydrogens (tertiary/aromatic N) is 2. The minimum Gasteiger partial charge on any atom is -0.444 e. The van der Waals surface area contributed by atoms with Crippen LogP contribution in [0.3, 0.4) is 0 Å². The summed E-state index contributed by atoms with van der Waals surface area (Å²) in [7, 11) is 1.68. The molecular formula is C25H29N3O6. The summed E-state index contributed by atoms with van der Waals surface area (Å²) in [5, 5.41) is 2.18. The summed E-state index contributed by atoms with van der Waals surface area (Å²) in [6.07, 6.45) is 1.82. The second-order valence-electron chi connectivity index (χ2n) is 9.34. The molecule has 0 aliphatic carbocycles. The summed E-state index contributed by atoms with van der Waals surface area (Å²) in [6, 6.07) is 3.85. The lowest BCUT2D eigenvalue weighted by Gasteiger charge is -2.27. The molecular weight excluding hydrogens is 438 g/mol. The van der Waals surface area contributed by atoms with Crippen molar-refractivity contribution in [2.75, 3.05) is 13.6 Å². The third-order valence-electron chi connectivity index (χ3n) is 5.44. The van der Waals surface area contributed by atoms with E-state index in [-0.39, 0.29) is 30.1 Å². The zero-order valence-electron chi connectivity index (χ0n) is 19.9. The van der Waals surface area contributed by atoms with Gasteiger partial charge in [-0.05, 0) is 52.2 Å². The molecule has 5 amide bonds. The maximum atomic E-state index is 13.1. The second-order valence-corrected chi connectivity index (χ2v) is 9.34. The highest BCUT2D eigenvalue weighted by molar-refractivity contribution is 6.24. The van der Waals surface area contributed by atoms with Gasteiger partial charge in [0.2, 0.25) is 11.8 Å². The van der Waals surface area contributed by atoms with Gasteiger partial charge in [-0.15, -0.1) is 0 Å². The molecule has 1 aromatic rings. The SMILES string of the molecule is CN(CCCCC#Cc1cccc2c1C(=O)N(C1CCC(=O)NC1=O)C2=O)C(=O)OC(C)(C)C. The van der Waals surface area contributed by atoms with Crippen molar-refractivity contribution >= 4 is 29.7 Å². The minimum atomic E-state index is -1.01. The molecule has 0 aromatic heterocycles. The number of rotatable bonds is 5. The summed E-state index contributed by atoms with van der Waals surface area (Å²) in [5.41, 5.74) is 0.283. The quantitative estimate of drug-likeness (QED) is 0.404. The Balaban J connectivity index is 1.60. The number of imide groups is 2. The van der Waals surface area contributed by atoms with Gasteiger partial charge < -0.3 is 9.64 Å². The molecule has 2 aliphatic heterocycles. The monoisotopic (exact) mass is 467 g/mol. The molecule has 9 nitrogen and oxygen atoms in total. The van der Waals surface area contributed by atoms with Crippen molar-refractivity contribution in [1.29, 1.82) is 0 Å². The van der Waals surface area contributed by atoms with Gasteiger partial charge in [-0.25, -0.2) is 4.79 Å². The van der Waals surface area contributed by atoms with Crippen LogP contribution in [0.15, 0.2) is 18.2 Å². The van der Waals surface area contributed by atoms with Crippen molar-refractivity contribution in [3.05, 3.63) is 34.9 Å². The average Bonchev–Trinajstić information content (AvgIpc) is 3.00. The molecule has 3 rings (SSSR count). The van der Waals surface area contributed by atoms with E-state index in [9.17, 15) is 24.0 Å². The van der Waals surface area contributed by atoms with E-state index in [1.165, 1.54) is 4.90 Å². The zero-order chi connectivity index (χ0) is 25.0. The van der Waals surface area contributed by atoms with Crippen molar-refractivity contribution in [1.82, 2.24) is 15.1 Å². The summed E-state index contributed by atoms with van der Waals surface area (Å²) >= 11 is 0. The van der Waals surface area contributed by atoms with E-state index >= 15 is 0 Å². The van der Waals surface area contributed by atoms with Gasteiger partial charge in [-0.3, -0.25) is 29.4 Å². The topological polar surface area (TPSA) is 113 Å². The van der Waals surface area contributed by atoms with E-state index in [0.717, 1.165) is 17.7 Å². The first-order chi connectivity index (χ1) is 16.0. The van der Waals surface area contributed by atoms with Crippen LogP contribution in [0.25, 0.3) is 0 Å². The van der Waals surface area contributed by atoms with E-state index in [4.69, 9.17) is 4.74 Å². The Morgan fingerprint density at radius 2 is 1.91 bits per heavy atom. The summed E-state index contributed by atoms with van der Waals surface area (Å²) in [4.78, 5) is 64.0. The molecule has 9 heteroatoms. The smallest absolute Gasteiger partial charge is 0.410 e. The minimum absolute atomic E-state index is 0.0690. The van der Waals surface area contributed by atoms with Crippen molar-refractivity contribution < 1.29 is 28.7 Å². The van der Waals surface area contributed by atoms with Crippen molar-refractivity contribution in [2.24, 2.45) is 0 Å². The van der Waals surface area contributed by atoms with Crippen LogP contribution in [0.1, 0.15) is 79.2 Å². The van der Waals surface area contributed by atoms with Gasteiger partial charge >= 0.3 is 6.09 Å². The number of hydrogen-bond donors (Lipinski definition) is 1. The number of nitrogens with one attached hydrogen (secondary N) is 1. The number of fused-ring (bicyclic) bond motifs is 1. The number of hydrogen-bond acceptors (Lipinski definition) is 6. The molecule has 2 heterocycles. The van der Waals surface area contributed by atoms with E-state index in [1.807, 2.05) is 20.8 Å². The third-order valence-corrected chi connectivity index (χ3v) is 5.44. The van der Waals surface area contributed by atoms with E-state index in [0.29, 0.717) is 18.5 Å². The Kier molecular flexibility index (Phi) is 7.40. The van der Waals surface area contributed by atoms with Crippen LogP contribution in [0.4, 0.5) is 4.79 Å². The van der Waals surface area contributed by atoms with Crippen molar-refractivity contribution in [3.8, 4) is 11.8 Å². The maximum absolute atomic E-state index is 13.1. The van der Waals surface area contributed by atoms with Crippen LogP contribution in [0.2, 0.25) is 0 Å². The van der Waals surface area contributed by atoms with Gasteiger partial charge in [-0.1, -0.05) is 17.9 Å². The molecule has 0 radical (unpaired) electrons. The van der Waals surface area contributed by atoms with E-state index < -0.39 is 35.3 Å². The Morgan fingerprint density at radius 1 is 1.18 bits per heavy atom. The molecule has 2 aliphatic rings. The van der Waals surface area contributed by atoms with Crippen LogP contribution in [0, 0.1) is 11.8 Å². The Bertz CT molecular complexity index is 1090. The molecule has 1 N–H and O–H groups in total. The molecule has 0 bridgehead atoms. The summed E-state index contributed by atoms with van der Waals surface area (Å²) in [6.45, 7) is 5.98. The Morgan fingerprint density at radius 3 is 2.59 bits per heavy atom. The summed E-state index contributed by atoms with van der Waals surface area (Å²) in [5.74, 6) is 3.81. The first kappa shape index (κ1) is 25.0. The molecule has 34 heavy (non-hydrogen) atoms. The highest BCUT2D eigenvalue weighted by Crippen LogP contribution is 2.29. The van der Waals surface area contributed by atoms with Gasteiger partial charge in [0.1, 0.15) is 11.6 Å². The lowest BCUT2D eigenvalue weighted by Crippen LogP contribution is -2.54. The normalized spacial score (nSPS) is 17.6. The molecule has 1 aromatic carbocycles. The maximum Gasteiger partial charge on any atom is 0.410 e. The molecule has 1 atom stereocenters. The second kappa shape index (κ2) is 10.1. The van der Waals surface area contributed by atoms with Crippen LogP contribution in [0.5, 0.6) is 0 Å². The summed E-state index contributed by atoms with van der Waals surface area (Å²) < 4.78 is 5.32. The largest absolute Gasteiger partial charge is 0.444 e. The van der Waals surface area contributed by atoms with Crippen molar-refractivity contribution in [3.63, 3.8) is 0 Å². The molecule has 1 unspecified atom stereocenters. The van der Waals surface area contributed by atoms with Gasteiger partial charge in [0.05, 0.1) is 11.1 Å². The van der Waals surface area contributed by atoms with Crippen LogP contribution in [-0.4, -0.2) is 64.8 Å². The molecule has 0 spiro atoms. The number of piperidine rings is 1. The number of carbonyl (C=O) groups is 5. The number of unbranched alkanes of at least 4 members (excludes halogenated alkanes) is 2. The van der Waals surface area contributed by atoms with E-state index in [1.54, 1.807) is 25.2 Å². The van der Waals surface area contributed by atoms with E-state index in [2.05, 4.69) is 17.2 Å². The Hall–Kier alpha value is -3.67. The van der Waals surface area contributed by atoms with Gasteiger partial charge in [-0.2, -0.15) is 0 Å². The molecule has 180 valence electrons. The first-order valence-corrected chi connectivity index (χ1v) is 11.3. The van der Waals surface area contributed by atoms with Crippen LogP contribution >= 0.6 is 0 Å². The van der Waals surface area contributed by atoms with Crippen molar-refractivity contribution in [2.45, 2.75) is 64.5 Å². The molecule has 1 saturated heterocycles. The van der Waals surface area contributed by atoms with Crippen LogP contribution in [-0.2, 0) is 14.3 Å². The number of benzene rings is 1. The third kappa shape index (κ3) is 5.63. The Labute approximate surface area is 198 Å². The zero-order valence-corrected chi connectivity index (χ0v) is 19.9. The number of ether oxygens (including phenoxy) is 1. The van der Waals surface area contributed by atoms with Gasteiger partial charge in [0.25, 0.3) is 11.8 Å². The van der Waals surface area contributed by atoms with Crippen LogP contribution < -0.4 is 5.32 Å². The highest BCUT2D eigenvalue weighted by atomic mass is 16.6. The first-order valence-electron chi connectivity index (χ1n) is 11.3. The van der Waals surface area contributed by atoms with Gasteiger partial charge in [0.15, 0.2) is 0 Å². The fourth-order valence-electron chi connectivity index (χ4n) is 3.77. The number of amides is 5. The average molecular weight is 468 g/mol. The lowest BCUT2D eigenvalue weighted by atomic mass is 10.0. The predicted octanol–water partition coefficient (Wildman–Crippen LogP) is 2.48. The lowest BCUT2D eigenvalue weighted by molar-refractivity contribution is -0.136. The highest BCUT2D eigenvalue weighted by Gasteiger charge is 2.45. The fourth-order valence-corrected chi connectivity index (χ4v) is 3.77. The molecule has 0 saturated carbocycles. The molecule has 1 fully saturated rings. The predicted molar refractivity (Wildman–Crippen MR) is 123 cm³/mol. The van der Waals surface area contributed by atoms with Gasteiger partial charge in [0, 0.05) is 32.0 Å². The standard InChI is InChI=1S/C25H29N3O6/c1-25(2,3)34-24(33)27(4)15-8-6-5-7-10-16-11-9-12-17-20(16)23(32)28(22(17)31)18-13-14-19(29)26-21(18)30/h9,11-12,18H,5-6,8,13-15H2,1-4H3,(H,26,29,30).